The maximum Gasteiger partial charge on any atom is 0.238 e. The minimum Gasteiger partial charge on any atom is -0.379 e. The number of benzene rings is 1. The summed E-state index contributed by atoms with van der Waals surface area (Å²) in [7, 11) is 0. The van der Waals surface area contributed by atoms with Gasteiger partial charge >= 0.3 is 0 Å². The third-order valence-corrected chi connectivity index (χ3v) is 4.51. The highest BCUT2D eigenvalue weighted by Gasteiger charge is 2.29. The molecule has 2 aliphatic rings. The molecule has 1 aromatic rings. The van der Waals surface area contributed by atoms with Gasteiger partial charge in [-0.1, -0.05) is 30.3 Å². The predicted octanol–water partition coefficient (Wildman–Crippen LogP) is 1.30. The quantitative estimate of drug-likeness (QED) is 0.626. The Bertz CT molecular complexity index is 505. The van der Waals surface area contributed by atoms with Gasteiger partial charge < -0.3 is 14.8 Å². The Morgan fingerprint density at radius 1 is 1.29 bits per heavy atom. The number of amides is 1. The number of rotatable bonds is 8. The van der Waals surface area contributed by atoms with Gasteiger partial charge in [0.1, 0.15) is 6.04 Å². The molecule has 3 atom stereocenters. The second kappa shape index (κ2) is 9.13. The third-order valence-electron chi connectivity index (χ3n) is 4.51. The SMILES string of the molecule is O=C(NCCCOCC1CCCO1)C1CC(c2ccccc2)NN1. The zero-order valence-corrected chi connectivity index (χ0v) is 14.0. The fourth-order valence-corrected chi connectivity index (χ4v) is 3.13. The molecule has 24 heavy (non-hydrogen) atoms. The molecule has 0 bridgehead atoms. The van der Waals surface area contributed by atoms with E-state index in [1.165, 1.54) is 5.56 Å². The summed E-state index contributed by atoms with van der Waals surface area (Å²) in [5, 5.41) is 2.97. The third kappa shape index (κ3) is 5.01. The lowest BCUT2D eigenvalue weighted by Crippen LogP contribution is -2.43. The van der Waals surface area contributed by atoms with E-state index >= 15 is 0 Å². The predicted molar refractivity (Wildman–Crippen MR) is 91.3 cm³/mol. The highest BCUT2D eigenvalue weighted by molar-refractivity contribution is 5.82. The summed E-state index contributed by atoms with van der Waals surface area (Å²) in [5.74, 6) is 0.0417. The van der Waals surface area contributed by atoms with Crippen LogP contribution in [0.1, 0.15) is 37.3 Å². The van der Waals surface area contributed by atoms with Gasteiger partial charge in [0, 0.05) is 25.8 Å². The van der Waals surface area contributed by atoms with Gasteiger partial charge in [-0.3, -0.25) is 4.79 Å². The number of ether oxygens (including phenoxy) is 2. The molecule has 6 heteroatoms. The monoisotopic (exact) mass is 333 g/mol. The summed E-state index contributed by atoms with van der Waals surface area (Å²) < 4.78 is 11.1. The molecule has 2 saturated heterocycles. The standard InChI is InChI=1S/C18H27N3O3/c22-18(19-9-5-10-23-13-15-8-4-11-24-15)17-12-16(20-21-17)14-6-2-1-3-7-14/h1-3,6-7,15-17,20-21H,4-5,8-13H2,(H,19,22). The van der Waals surface area contributed by atoms with E-state index in [-0.39, 0.29) is 24.1 Å². The first-order chi connectivity index (χ1) is 11.8. The Balaban J connectivity index is 1.27. The molecule has 2 fully saturated rings. The van der Waals surface area contributed by atoms with Crippen molar-refractivity contribution >= 4 is 5.91 Å². The fourth-order valence-electron chi connectivity index (χ4n) is 3.13. The van der Waals surface area contributed by atoms with Gasteiger partial charge in [0.2, 0.25) is 5.91 Å². The summed E-state index contributed by atoms with van der Waals surface area (Å²) in [4.78, 5) is 12.2. The van der Waals surface area contributed by atoms with Crippen molar-refractivity contribution < 1.29 is 14.3 Å². The molecule has 2 heterocycles. The van der Waals surface area contributed by atoms with Crippen LogP contribution in [-0.2, 0) is 14.3 Å². The second-order valence-corrected chi connectivity index (χ2v) is 6.39. The molecule has 0 aromatic heterocycles. The van der Waals surface area contributed by atoms with Crippen LogP contribution in [0.2, 0.25) is 0 Å². The lowest BCUT2D eigenvalue weighted by molar-refractivity contribution is -0.122. The maximum atomic E-state index is 12.2. The van der Waals surface area contributed by atoms with Crippen LogP contribution in [0, 0.1) is 0 Å². The number of carbonyl (C=O) groups excluding carboxylic acids is 1. The van der Waals surface area contributed by atoms with Gasteiger partial charge in [0.05, 0.1) is 12.7 Å². The van der Waals surface area contributed by atoms with Gasteiger partial charge in [0.25, 0.3) is 0 Å². The second-order valence-electron chi connectivity index (χ2n) is 6.39. The molecule has 1 amide bonds. The largest absolute Gasteiger partial charge is 0.379 e. The van der Waals surface area contributed by atoms with E-state index in [2.05, 4.69) is 28.3 Å². The van der Waals surface area contributed by atoms with Crippen LogP contribution in [-0.4, -0.2) is 44.4 Å². The summed E-state index contributed by atoms with van der Waals surface area (Å²) in [5.41, 5.74) is 7.48. The van der Waals surface area contributed by atoms with Crippen molar-refractivity contribution in [2.75, 3.05) is 26.4 Å². The normalized spacial score (nSPS) is 26.6. The molecule has 6 nitrogen and oxygen atoms in total. The molecule has 0 spiro atoms. The molecule has 3 rings (SSSR count). The van der Waals surface area contributed by atoms with E-state index in [1.54, 1.807) is 0 Å². The van der Waals surface area contributed by atoms with Crippen molar-refractivity contribution in [1.82, 2.24) is 16.2 Å². The van der Waals surface area contributed by atoms with Crippen LogP contribution >= 0.6 is 0 Å². The summed E-state index contributed by atoms with van der Waals surface area (Å²) in [6.45, 7) is 2.82. The lowest BCUT2D eigenvalue weighted by Gasteiger charge is -2.12. The highest BCUT2D eigenvalue weighted by Crippen LogP contribution is 2.21. The van der Waals surface area contributed by atoms with Crippen molar-refractivity contribution in [1.29, 1.82) is 0 Å². The van der Waals surface area contributed by atoms with E-state index in [0.29, 0.717) is 19.8 Å². The van der Waals surface area contributed by atoms with E-state index in [9.17, 15) is 4.79 Å². The number of nitrogens with one attached hydrogen (secondary N) is 3. The van der Waals surface area contributed by atoms with E-state index in [4.69, 9.17) is 9.47 Å². The van der Waals surface area contributed by atoms with Crippen LogP contribution < -0.4 is 16.2 Å². The lowest BCUT2D eigenvalue weighted by atomic mass is 10.0. The first-order valence-corrected chi connectivity index (χ1v) is 8.86. The minimum atomic E-state index is -0.192. The van der Waals surface area contributed by atoms with Gasteiger partial charge in [0.15, 0.2) is 0 Å². The number of hydrogen-bond donors (Lipinski definition) is 3. The molecule has 132 valence electrons. The van der Waals surface area contributed by atoms with Crippen molar-refractivity contribution in [3.8, 4) is 0 Å². The Hall–Kier alpha value is -1.47. The Kier molecular flexibility index (Phi) is 6.60. The molecule has 3 N–H and O–H groups in total. The summed E-state index contributed by atoms with van der Waals surface area (Å²) in [6, 6.07) is 10.2. The average molecular weight is 333 g/mol. The summed E-state index contributed by atoms with van der Waals surface area (Å²) >= 11 is 0. The van der Waals surface area contributed by atoms with Crippen molar-refractivity contribution in [2.24, 2.45) is 0 Å². The Labute approximate surface area is 143 Å². The molecule has 0 radical (unpaired) electrons. The molecule has 2 aliphatic heterocycles. The highest BCUT2D eigenvalue weighted by atomic mass is 16.5. The van der Waals surface area contributed by atoms with E-state index < -0.39 is 0 Å². The zero-order chi connectivity index (χ0) is 16.6. The maximum absolute atomic E-state index is 12.2. The Morgan fingerprint density at radius 3 is 2.96 bits per heavy atom. The van der Waals surface area contributed by atoms with Crippen LogP contribution in [0.25, 0.3) is 0 Å². The molecular formula is C18H27N3O3. The Morgan fingerprint density at radius 2 is 2.17 bits per heavy atom. The van der Waals surface area contributed by atoms with Gasteiger partial charge in [-0.05, 0) is 31.2 Å². The van der Waals surface area contributed by atoms with Crippen molar-refractivity contribution in [3.05, 3.63) is 35.9 Å². The van der Waals surface area contributed by atoms with Crippen LogP contribution in [0.15, 0.2) is 30.3 Å². The average Bonchev–Trinajstić information content (AvgIpc) is 3.30. The number of carbonyl (C=O) groups is 1. The summed E-state index contributed by atoms with van der Waals surface area (Å²) in [6.07, 6.45) is 4.07. The minimum absolute atomic E-state index is 0.0417. The van der Waals surface area contributed by atoms with E-state index in [1.807, 2.05) is 18.2 Å². The van der Waals surface area contributed by atoms with Crippen LogP contribution in [0.5, 0.6) is 0 Å². The number of hydrazine groups is 1. The smallest absolute Gasteiger partial charge is 0.238 e. The number of hydrogen-bond acceptors (Lipinski definition) is 5. The van der Waals surface area contributed by atoms with Gasteiger partial charge in [-0.2, -0.15) is 0 Å². The molecular weight excluding hydrogens is 306 g/mol. The molecule has 0 saturated carbocycles. The first-order valence-electron chi connectivity index (χ1n) is 8.86. The zero-order valence-electron chi connectivity index (χ0n) is 14.0. The molecule has 3 unspecified atom stereocenters. The van der Waals surface area contributed by atoms with Crippen LogP contribution in [0.4, 0.5) is 0 Å². The van der Waals surface area contributed by atoms with Gasteiger partial charge in [-0.15, -0.1) is 0 Å². The van der Waals surface area contributed by atoms with Gasteiger partial charge in [-0.25, -0.2) is 10.9 Å². The van der Waals surface area contributed by atoms with Crippen LogP contribution in [0.3, 0.4) is 0 Å². The fraction of sp³-hybridized carbons (Fsp3) is 0.611. The van der Waals surface area contributed by atoms with E-state index in [0.717, 1.165) is 32.3 Å². The molecule has 0 aliphatic carbocycles. The topological polar surface area (TPSA) is 71.6 Å². The van der Waals surface area contributed by atoms with Crippen molar-refractivity contribution in [3.63, 3.8) is 0 Å². The first kappa shape index (κ1) is 17.4. The van der Waals surface area contributed by atoms with Crippen molar-refractivity contribution in [2.45, 2.75) is 43.9 Å². The molecule has 1 aromatic carbocycles.